The lowest BCUT2D eigenvalue weighted by atomic mass is 9.77. The molecule has 5 N–H and O–H groups in total. The lowest BCUT2D eigenvalue weighted by Crippen LogP contribution is -2.61. The van der Waals surface area contributed by atoms with Gasteiger partial charge in [0.25, 0.3) is 0 Å². The number of aryl methyl sites for hydroxylation is 2. The maximum absolute atomic E-state index is 14.5. The molecule has 0 unspecified atom stereocenters. The van der Waals surface area contributed by atoms with Gasteiger partial charge in [0.1, 0.15) is 30.0 Å². The number of halogens is 2. The van der Waals surface area contributed by atoms with Gasteiger partial charge in [-0.05, 0) is 112 Å². The maximum Gasteiger partial charge on any atom is 0.311 e. The Bertz CT molecular complexity index is 1930. The van der Waals surface area contributed by atoms with Gasteiger partial charge in [0.05, 0.1) is 57.3 Å². The van der Waals surface area contributed by atoms with Crippen LogP contribution in [0.25, 0.3) is 0 Å². The lowest BCUT2D eigenvalue weighted by Gasteiger charge is -2.49. The zero-order valence-electron chi connectivity index (χ0n) is 42.4. The van der Waals surface area contributed by atoms with Crippen LogP contribution in [0.3, 0.4) is 0 Å². The molecule has 0 radical (unpaired) electrons. The van der Waals surface area contributed by atoms with Crippen molar-refractivity contribution in [2.45, 2.75) is 205 Å². The summed E-state index contributed by atoms with van der Waals surface area (Å²) in [6.07, 6.45) is -5.81. The van der Waals surface area contributed by atoms with E-state index >= 15 is 0 Å². The molecule has 5 rings (SSSR count). The molecule has 0 saturated carbocycles. The van der Waals surface area contributed by atoms with Gasteiger partial charge in [-0.2, -0.15) is 0 Å². The largest absolute Gasteiger partial charge is 0.459 e. The molecule has 2 aromatic rings. The SMILES string of the molecule is CC[C@H]1OC(=O)[C@H](C)[C@@H](O[C@H]2C[C@@](C)(OC)[C@@H](O)[C@H](C)O2)[C@H](C)[C@@H](O[C@@H]2O[C@H](C)C[C@H](N(C)CCc3cn(CCc4ccc(Cl)c(Cl)c4)nn3)[C@H]2O)[C@](C)(O)C[C@@H](C)CN(C)[C@H](C)[C@@H](O)[C@]1(C)O. The molecule has 19 heteroatoms. The summed E-state index contributed by atoms with van der Waals surface area (Å²) in [6, 6.07) is 4.58. The van der Waals surface area contributed by atoms with Crippen LogP contribution in [0.1, 0.15) is 106 Å². The van der Waals surface area contributed by atoms with Gasteiger partial charge in [-0.25, -0.2) is 0 Å². The van der Waals surface area contributed by atoms with Crippen molar-refractivity contribution < 1.29 is 58.7 Å². The molecule has 4 heterocycles. The second-order valence-electron chi connectivity index (χ2n) is 20.9. The number of aliphatic hydroxyl groups excluding tert-OH is 3. The molecule has 18 atom stereocenters. The molecule has 0 amide bonds. The fourth-order valence-corrected chi connectivity index (χ4v) is 10.9. The number of esters is 1. The molecular formula is C49H81Cl2N5O12. The topological polar surface area (TPSA) is 211 Å². The molecule has 17 nitrogen and oxygen atoms in total. The van der Waals surface area contributed by atoms with Crippen LogP contribution in [-0.2, 0) is 52.6 Å². The number of ether oxygens (including phenoxy) is 6. The first-order valence-corrected chi connectivity index (χ1v) is 25.1. The predicted octanol–water partition coefficient (Wildman–Crippen LogP) is 4.65. The molecule has 388 valence electrons. The van der Waals surface area contributed by atoms with E-state index in [2.05, 4.69) is 15.2 Å². The Morgan fingerprint density at radius 3 is 2.29 bits per heavy atom. The Morgan fingerprint density at radius 2 is 1.65 bits per heavy atom. The normalized spacial score (nSPS) is 40.7. The van der Waals surface area contributed by atoms with E-state index in [-0.39, 0.29) is 31.3 Å². The van der Waals surface area contributed by atoms with Crippen molar-refractivity contribution in [2.75, 3.05) is 34.3 Å². The van der Waals surface area contributed by atoms with Crippen molar-refractivity contribution in [3.63, 3.8) is 0 Å². The van der Waals surface area contributed by atoms with Crippen LogP contribution < -0.4 is 0 Å². The van der Waals surface area contributed by atoms with Gasteiger partial charge in [-0.3, -0.25) is 9.48 Å². The highest BCUT2D eigenvalue weighted by molar-refractivity contribution is 6.42. The molecule has 3 saturated heterocycles. The van der Waals surface area contributed by atoms with E-state index in [0.717, 1.165) is 11.3 Å². The second kappa shape index (κ2) is 23.6. The lowest BCUT2D eigenvalue weighted by molar-refractivity contribution is -0.318. The average molecular weight is 1000 g/mol. The Labute approximate surface area is 413 Å². The summed E-state index contributed by atoms with van der Waals surface area (Å²) < 4.78 is 40.0. The average Bonchev–Trinajstić information content (AvgIpc) is 3.74. The van der Waals surface area contributed by atoms with Crippen LogP contribution in [0.2, 0.25) is 10.0 Å². The van der Waals surface area contributed by atoms with Crippen LogP contribution in [0, 0.1) is 17.8 Å². The highest BCUT2D eigenvalue weighted by atomic mass is 35.5. The van der Waals surface area contributed by atoms with E-state index in [9.17, 15) is 30.3 Å². The minimum Gasteiger partial charge on any atom is -0.459 e. The minimum absolute atomic E-state index is 0.104. The number of cyclic esters (lactones) is 1. The second-order valence-corrected chi connectivity index (χ2v) is 21.7. The quantitative estimate of drug-likeness (QED) is 0.173. The standard InChI is InChI=1S/C49H81Cl2N5O12/c1-14-38-49(10,62)42(58)31(6)55(12)25-27(2)23-47(8,61)44(29(4)41(30(5)45(60)66-38)67-39-24-48(9,63-13)43(59)32(7)65-39)68-46-40(57)37(21-28(3)64-46)54(11)19-18-34-26-56(53-52-34)20-17-33-15-16-35(50)36(51)22-33/h15-16,22,26-32,37-44,46,57-59,61-62H,14,17-21,23-25H2,1-13H3/t27-,28-,29+,30-,31-,32+,37+,38-,39+,40-,41+,42-,43+,44-,46+,47-,48-,49-/m1/s1. The zero-order valence-corrected chi connectivity index (χ0v) is 43.9. The fourth-order valence-electron chi connectivity index (χ4n) is 10.6. The number of likely N-dealkylation sites (N-methyl/N-ethyl adjacent to an activating group) is 2. The number of nitrogens with zero attached hydrogens (tertiary/aromatic N) is 5. The first-order valence-electron chi connectivity index (χ1n) is 24.3. The molecule has 3 aliphatic heterocycles. The van der Waals surface area contributed by atoms with Crippen molar-refractivity contribution in [2.24, 2.45) is 17.8 Å². The number of hydrogen-bond acceptors (Lipinski definition) is 16. The number of aromatic nitrogens is 3. The number of methoxy groups -OCH3 is 1. The zero-order chi connectivity index (χ0) is 50.6. The number of hydrogen-bond donors (Lipinski definition) is 5. The van der Waals surface area contributed by atoms with E-state index in [0.29, 0.717) is 48.9 Å². The van der Waals surface area contributed by atoms with Crippen LogP contribution in [0.5, 0.6) is 0 Å². The van der Waals surface area contributed by atoms with Crippen molar-refractivity contribution >= 4 is 29.2 Å². The summed E-state index contributed by atoms with van der Waals surface area (Å²) in [5.74, 6) is -2.77. The Hall–Kier alpha value is -2.07. The first-order chi connectivity index (χ1) is 31.7. The van der Waals surface area contributed by atoms with Gasteiger partial charge in [0, 0.05) is 63.8 Å². The molecule has 1 aromatic heterocycles. The highest BCUT2D eigenvalue weighted by Gasteiger charge is 2.53. The number of carbonyl (C=O) groups is 1. The van der Waals surface area contributed by atoms with Crippen molar-refractivity contribution in [1.29, 1.82) is 0 Å². The van der Waals surface area contributed by atoms with Gasteiger partial charge in [-0.1, -0.05) is 55.3 Å². The van der Waals surface area contributed by atoms with Crippen molar-refractivity contribution in [1.82, 2.24) is 24.8 Å². The third-order valence-corrected chi connectivity index (χ3v) is 15.8. The van der Waals surface area contributed by atoms with E-state index in [1.807, 2.05) is 58.1 Å². The van der Waals surface area contributed by atoms with E-state index in [1.165, 1.54) is 14.0 Å². The molecule has 0 aliphatic carbocycles. The van der Waals surface area contributed by atoms with Gasteiger partial charge in [0.15, 0.2) is 12.6 Å². The van der Waals surface area contributed by atoms with Crippen LogP contribution >= 0.6 is 23.2 Å². The predicted molar refractivity (Wildman–Crippen MR) is 257 cm³/mol. The summed E-state index contributed by atoms with van der Waals surface area (Å²) >= 11 is 12.3. The van der Waals surface area contributed by atoms with Crippen LogP contribution in [-0.4, -0.2) is 181 Å². The molecule has 3 aliphatic rings. The summed E-state index contributed by atoms with van der Waals surface area (Å²) in [5.41, 5.74) is -2.69. The summed E-state index contributed by atoms with van der Waals surface area (Å²) in [7, 11) is 5.28. The fraction of sp³-hybridized carbons (Fsp3) is 0.816. The van der Waals surface area contributed by atoms with Crippen molar-refractivity contribution in [3.05, 3.63) is 45.7 Å². The van der Waals surface area contributed by atoms with E-state index < -0.39 is 102 Å². The van der Waals surface area contributed by atoms with E-state index in [4.69, 9.17) is 51.6 Å². The Morgan fingerprint density at radius 1 is 0.956 bits per heavy atom. The third kappa shape index (κ3) is 13.5. The number of benzene rings is 1. The third-order valence-electron chi connectivity index (χ3n) is 15.0. The highest BCUT2D eigenvalue weighted by Crippen LogP contribution is 2.40. The number of rotatable bonds is 13. The molecule has 68 heavy (non-hydrogen) atoms. The minimum atomic E-state index is -1.83. The smallest absolute Gasteiger partial charge is 0.311 e. The summed E-state index contributed by atoms with van der Waals surface area (Å²) in [6.45, 7) is 19.1. The van der Waals surface area contributed by atoms with Crippen LogP contribution in [0.15, 0.2) is 24.4 Å². The number of carbonyl (C=O) groups excluding carboxylic acids is 1. The van der Waals surface area contributed by atoms with Gasteiger partial charge in [0.2, 0.25) is 0 Å². The summed E-state index contributed by atoms with van der Waals surface area (Å²) in [4.78, 5) is 18.4. The molecule has 1 aromatic carbocycles. The van der Waals surface area contributed by atoms with Crippen molar-refractivity contribution in [3.8, 4) is 0 Å². The van der Waals surface area contributed by atoms with Gasteiger partial charge < -0.3 is 63.8 Å². The van der Waals surface area contributed by atoms with Crippen LogP contribution in [0.4, 0.5) is 0 Å². The van der Waals surface area contributed by atoms with Gasteiger partial charge in [-0.15, -0.1) is 5.10 Å². The Balaban J connectivity index is 1.43. The maximum atomic E-state index is 14.5. The monoisotopic (exact) mass is 1000 g/mol. The molecular weight excluding hydrogens is 921 g/mol. The van der Waals surface area contributed by atoms with Gasteiger partial charge >= 0.3 is 5.97 Å². The summed E-state index contributed by atoms with van der Waals surface area (Å²) in [5, 5.41) is 69.3. The number of aliphatic hydroxyl groups is 5. The Kier molecular flexibility index (Phi) is 19.8. The molecule has 3 fully saturated rings. The molecule has 0 bridgehead atoms. The molecule has 0 spiro atoms. The first kappa shape index (κ1) is 56.8. The van der Waals surface area contributed by atoms with E-state index in [1.54, 1.807) is 52.3 Å².